The Bertz CT molecular complexity index is 524. The maximum atomic E-state index is 13.0. The highest BCUT2D eigenvalue weighted by Crippen LogP contribution is 2.37. The van der Waals surface area contributed by atoms with Gasteiger partial charge < -0.3 is 5.11 Å². The number of alkyl halides is 6. The summed E-state index contributed by atoms with van der Waals surface area (Å²) in [7, 11) is 0. The summed E-state index contributed by atoms with van der Waals surface area (Å²) < 4.78 is 88.7. The summed E-state index contributed by atoms with van der Waals surface area (Å²) >= 11 is 0. The van der Waals surface area contributed by atoms with Crippen LogP contribution in [0.1, 0.15) is 17.2 Å². The molecule has 0 bridgehead atoms. The molecular weight excluding hydrogens is 311 g/mol. The Labute approximate surface area is 113 Å². The van der Waals surface area contributed by atoms with E-state index in [0.29, 0.717) is 6.07 Å². The number of hydrogen-bond acceptors (Lipinski definition) is 2. The van der Waals surface area contributed by atoms with Gasteiger partial charge in [0.1, 0.15) is 11.9 Å². The second kappa shape index (κ2) is 5.88. The number of rotatable bonds is 4. The number of benzene rings is 1. The first-order valence-electron chi connectivity index (χ1n) is 5.31. The summed E-state index contributed by atoms with van der Waals surface area (Å²) in [5.74, 6) is -3.34. The van der Waals surface area contributed by atoms with Crippen molar-refractivity contribution in [3.05, 3.63) is 35.1 Å². The molecule has 0 aliphatic rings. The zero-order valence-corrected chi connectivity index (χ0v) is 10.0. The fourth-order valence-electron chi connectivity index (χ4n) is 1.55. The highest BCUT2D eigenvalue weighted by Gasteiger charge is 2.42. The van der Waals surface area contributed by atoms with E-state index in [1.807, 2.05) is 0 Å². The topological polar surface area (TPSA) is 49.3 Å². The van der Waals surface area contributed by atoms with Crippen molar-refractivity contribution >= 4 is 5.97 Å². The van der Waals surface area contributed by atoms with Gasteiger partial charge in [-0.05, 0) is 17.7 Å². The number of halogens is 7. The Balaban J connectivity index is 3.23. The molecule has 1 aromatic rings. The van der Waals surface area contributed by atoms with Gasteiger partial charge in [0.15, 0.2) is 0 Å². The molecule has 1 atom stereocenters. The molecule has 2 N–H and O–H groups in total. The summed E-state index contributed by atoms with van der Waals surface area (Å²) in [6.07, 6.45) is -10.2. The molecule has 1 rings (SSSR count). The van der Waals surface area contributed by atoms with Gasteiger partial charge >= 0.3 is 18.3 Å². The Morgan fingerprint density at radius 3 is 2.19 bits per heavy atom. The molecule has 1 unspecified atom stereocenters. The number of carbonyl (C=O) groups is 1. The first-order valence-corrected chi connectivity index (χ1v) is 5.31. The van der Waals surface area contributed by atoms with Gasteiger partial charge in [-0.25, -0.2) is 4.39 Å². The summed E-state index contributed by atoms with van der Waals surface area (Å²) in [6, 6.07) is -1.89. The van der Waals surface area contributed by atoms with Crippen LogP contribution < -0.4 is 5.32 Å². The quantitative estimate of drug-likeness (QED) is 0.839. The molecule has 0 amide bonds. The van der Waals surface area contributed by atoms with Gasteiger partial charge in [0, 0.05) is 0 Å². The van der Waals surface area contributed by atoms with Crippen molar-refractivity contribution in [3.8, 4) is 0 Å². The van der Waals surface area contributed by atoms with E-state index in [2.05, 4.69) is 0 Å². The smallest absolute Gasteiger partial charge is 0.419 e. The van der Waals surface area contributed by atoms with Gasteiger partial charge in [-0.1, -0.05) is 6.07 Å². The molecule has 0 aliphatic carbocycles. The van der Waals surface area contributed by atoms with Crippen molar-refractivity contribution in [2.75, 3.05) is 6.54 Å². The van der Waals surface area contributed by atoms with Crippen LogP contribution >= 0.6 is 0 Å². The summed E-state index contributed by atoms with van der Waals surface area (Å²) in [6.45, 7) is -1.12. The first kappa shape index (κ1) is 17.2. The highest BCUT2D eigenvalue weighted by atomic mass is 19.4. The van der Waals surface area contributed by atoms with Crippen LogP contribution in [0.4, 0.5) is 30.7 Å². The molecule has 0 radical (unpaired) electrons. The fraction of sp³-hybridized carbons (Fsp3) is 0.364. The number of hydrogen-bond donors (Lipinski definition) is 2. The molecule has 1 aromatic carbocycles. The standard InChI is InChI=1S/C11H8F7NO2/c12-7-2-1-5(3-6(7)10(13,14)15)9(11(16,17)18)19-4-8(20)21/h1-3,9,19H,4H2,(H,20,21). The van der Waals surface area contributed by atoms with Crippen LogP contribution in [0, 0.1) is 5.82 Å². The summed E-state index contributed by atoms with van der Waals surface area (Å²) in [5.41, 5.74) is -2.79. The van der Waals surface area contributed by atoms with Crippen LogP contribution in [0.5, 0.6) is 0 Å². The molecule has 0 saturated carbocycles. The van der Waals surface area contributed by atoms with Crippen molar-refractivity contribution in [2.24, 2.45) is 0 Å². The minimum Gasteiger partial charge on any atom is -0.480 e. The van der Waals surface area contributed by atoms with E-state index in [4.69, 9.17) is 5.11 Å². The van der Waals surface area contributed by atoms with Crippen molar-refractivity contribution in [1.29, 1.82) is 0 Å². The first-order chi connectivity index (χ1) is 9.43. The number of carboxylic acids is 1. The molecule has 0 saturated heterocycles. The summed E-state index contributed by atoms with van der Waals surface area (Å²) in [4.78, 5) is 10.3. The monoisotopic (exact) mass is 319 g/mol. The molecule has 21 heavy (non-hydrogen) atoms. The van der Waals surface area contributed by atoms with Gasteiger partial charge in [-0.2, -0.15) is 26.3 Å². The van der Waals surface area contributed by atoms with Gasteiger partial charge in [0.25, 0.3) is 0 Å². The minimum atomic E-state index is -5.16. The van der Waals surface area contributed by atoms with Gasteiger partial charge in [0.2, 0.25) is 0 Å². The number of nitrogens with one attached hydrogen (secondary N) is 1. The van der Waals surface area contributed by atoms with Gasteiger partial charge in [0.05, 0.1) is 12.1 Å². The van der Waals surface area contributed by atoms with Gasteiger partial charge in [-0.15, -0.1) is 0 Å². The lowest BCUT2D eigenvalue weighted by Gasteiger charge is -2.22. The maximum absolute atomic E-state index is 13.0. The Kier molecular flexibility index (Phi) is 4.82. The SMILES string of the molecule is O=C(O)CNC(c1ccc(F)c(C(F)(F)F)c1)C(F)(F)F. The number of aliphatic carboxylic acids is 1. The van der Waals surface area contributed by atoms with Crippen LogP contribution in [0.2, 0.25) is 0 Å². The van der Waals surface area contributed by atoms with Crippen LogP contribution in [0.3, 0.4) is 0 Å². The van der Waals surface area contributed by atoms with Crippen LogP contribution in [0.25, 0.3) is 0 Å². The highest BCUT2D eigenvalue weighted by molar-refractivity contribution is 5.69. The second-order valence-electron chi connectivity index (χ2n) is 3.99. The Morgan fingerprint density at radius 1 is 1.19 bits per heavy atom. The fourth-order valence-corrected chi connectivity index (χ4v) is 1.55. The van der Waals surface area contributed by atoms with E-state index >= 15 is 0 Å². The molecule has 118 valence electrons. The van der Waals surface area contributed by atoms with Crippen molar-refractivity contribution < 1.29 is 40.6 Å². The van der Waals surface area contributed by atoms with Crippen molar-refractivity contribution in [2.45, 2.75) is 18.4 Å². The average molecular weight is 319 g/mol. The Morgan fingerprint density at radius 2 is 1.76 bits per heavy atom. The van der Waals surface area contributed by atoms with Crippen molar-refractivity contribution in [3.63, 3.8) is 0 Å². The largest absolute Gasteiger partial charge is 0.480 e. The van der Waals surface area contributed by atoms with Crippen LogP contribution in [-0.4, -0.2) is 23.8 Å². The second-order valence-corrected chi connectivity index (χ2v) is 3.99. The predicted molar refractivity (Wildman–Crippen MR) is 55.8 cm³/mol. The van der Waals surface area contributed by atoms with Crippen LogP contribution in [-0.2, 0) is 11.0 Å². The van der Waals surface area contributed by atoms with Crippen LogP contribution in [0.15, 0.2) is 18.2 Å². The molecule has 3 nitrogen and oxygen atoms in total. The lowest BCUT2D eigenvalue weighted by molar-refractivity contribution is -0.160. The van der Waals surface area contributed by atoms with Crippen molar-refractivity contribution in [1.82, 2.24) is 5.32 Å². The molecule has 0 fully saturated rings. The van der Waals surface area contributed by atoms with E-state index in [1.54, 1.807) is 5.32 Å². The molecule has 10 heteroatoms. The maximum Gasteiger partial charge on any atom is 0.419 e. The molecule has 0 aromatic heterocycles. The van der Waals surface area contributed by atoms with E-state index in [-0.39, 0.29) is 12.1 Å². The summed E-state index contributed by atoms with van der Waals surface area (Å²) in [5, 5.41) is 9.89. The third kappa shape index (κ3) is 4.59. The predicted octanol–water partition coefficient (Wildman–Crippen LogP) is 3.12. The van der Waals surface area contributed by atoms with E-state index < -0.39 is 47.9 Å². The zero-order valence-electron chi connectivity index (χ0n) is 10.0. The molecular formula is C11H8F7NO2. The minimum absolute atomic E-state index is 0.00232. The van der Waals surface area contributed by atoms with E-state index in [1.165, 1.54) is 0 Å². The lowest BCUT2D eigenvalue weighted by atomic mass is 10.0. The van der Waals surface area contributed by atoms with Gasteiger partial charge in [-0.3, -0.25) is 10.1 Å². The zero-order chi connectivity index (χ0) is 16.4. The third-order valence-electron chi connectivity index (χ3n) is 2.41. The van der Waals surface area contributed by atoms with E-state index in [0.717, 1.165) is 0 Å². The normalized spacial score (nSPS) is 14.0. The average Bonchev–Trinajstić information content (AvgIpc) is 2.27. The molecule has 0 spiro atoms. The molecule has 0 aliphatic heterocycles. The van der Waals surface area contributed by atoms with E-state index in [9.17, 15) is 35.5 Å². The lowest BCUT2D eigenvalue weighted by Crippen LogP contribution is -2.37. The molecule has 0 heterocycles. The Hall–Kier alpha value is -1.84. The third-order valence-corrected chi connectivity index (χ3v) is 2.41. The number of carboxylic acid groups (broad SMARTS) is 1.